The number of rotatable bonds is 3. The highest BCUT2D eigenvalue weighted by Gasteiger charge is 2.12. The Labute approximate surface area is 132 Å². The molecule has 0 spiro atoms. The van der Waals surface area contributed by atoms with Crippen LogP contribution in [0.4, 0.5) is 5.69 Å². The van der Waals surface area contributed by atoms with Crippen molar-refractivity contribution in [3.8, 4) is 0 Å². The van der Waals surface area contributed by atoms with Crippen LogP contribution in [0.25, 0.3) is 0 Å². The van der Waals surface area contributed by atoms with Gasteiger partial charge in [0.05, 0.1) is 21.4 Å². The quantitative estimate of drug-likeness (QED) is 0.790. The van der Waals surface area contributed by atoms with Crippen molar-refractivity contribution in [1.29, 1.82) is 0 Å². The molecule has 2 aromatic carbocycles. The summed E-state index contributed by atoms with van der Waals surface area (Å²) < 4.78 is 13.2. The molecule has 0 aliphatic heterocycles. The molecule has 2 N–H and O–H groups in total. The van der Waals surface area contributed by atoms with E-state index in [0.717, 1.165) is 10.0 Å². The highest BCUT2D eigenvalue weighted by Crippen LogP contribution is 2.27. The minimum absolute atomic E-state index is 0.278. The second-order valence-corrected chi connectivity index (χ2v) is 7.09. The maximum Gasteiger partial charge on any atom is 0.0632 e. The molecular weight excluding hydrogens is 369 g/mol. The molecule has 2 rings (SSSR count). The van der Waals surface area contributed by atoms with E-state index in [-0.39, 0.29) is 5.75 Å². The van der Waals surface area contributed by atoms with Crippen LogP contribution in [0.3, 0.4) is 0 Å². The van der Waals surface area contributed by atoms with E-state index in [1.54, 1.807) is 30.3 Å². The van der Waals surface area contributed by atoms with Crippen molar-refractivity contribution >= 4 is 55.6 Å². The van der Waals surface area contributed by atoms with E-state index in [0.29, 0.717) is 20.6 Å². The van der Waals surface area contributed by atoms with Gasteiger partial charge in [-0.25, -0.2) is 0 Å². The Hall–Kier alpha value is -0.550. The molecule has 1 unspecified atom stereocenters. The van der Waals surface area contributed by atoms with E-state index < -0.39 is 10.8 Å². The van der Waals surface area contributed by atoms with Gasteiger partial charge in [-0.15, -0.1) is 0 Å². The second-order valence-electron chi connectivity index (χ2n) is 3.91. The van der Waals surface area contributed by atoms with Gasteiger partial charge >= 0.3 is 0 Å². The summed E-state index contributed by atoms with van der Waals surface area (Å²) in [6.45, 7) is 0. The number of nitrogens with two attached hydrogens (primary N) is 1. The summed E-state index contributed by atoms with van der Waals surface area (Å²) in [4.78, 5) is 0.588. The van der Waals surface area contributed by atoms with Crippen LogP contribution in [0.5, 0.6) is 0 Å². The molecular formula is C13H10BrCl2NOS. The third kappa shape index (κ3) is 3.72. The van der Waals surface area contributed by atoms with Crippen LogP contribution in [0.2, 0.25) is 10.0 Å². The fraction of sp³-hybridized carbons (Fsp3) is 0.0769. The van der Waals surface area contributed by atoms with Gasteiger partial charge in [0.2, 0.25) is 0 Å². The lowest BCUT2D eigenvalue weighted by Crippen LogP contribution is -2.01. The van der Waals surface area contributed by atoms with Crippen molar-refractivity contribution < 1.29 is 4.21 Å². The van der Waals surface area contributed by atoms with E-state index >= 15 is 0 Å². The van der Waals surface area contributed by atoms with Gasteiger partial charge in [-0.2, -0.15) is 0 Å². The maximum absolute atomic E-state index is 12.4. The van der Waals surface area contributed by atoms with Crippen LogP contribution in [0.1, 0.15) is 5.56 Å². The molecule has 19 heavy (non-hydrogen) atoms. The molecule has 0 radical (unpaired) electrons. The topological polar surface area (TPSA) is 43.1 Å². The Morgan fingerprint density at radius 2 is 1.89 bits per heavy atom. The van der Waals surface area contributed by atoms with Crippen LogP contribution in [-0.2, 0) is 16.6 Å². The van der Waals surface area contributed by atoms with Crippen LogP contribution in [-0.4, -0.2) is 4.21 Å². The molecule has 0 saturated heterocycles. The van der Waals surface area contributed by atoms with E-state index in [1.165, 1.54) is 0 Å². The largest absolute Gasteiger partial charge is 0.398 e. The number of anilines is 1. The van der Waals surface area contributed by atoms with Crippen molar-refractivity contribution in [2.24, 2.45) is 0 Å². The van der Waals surface area contributed by atoms with Crippen molar-refractivity contribution in [2.45, 2.75) is 10.6 Å². The highest BCUT2D eigenvalue weighted by atomic mass is 79.9. The third-order valence-corrected chi connectivity index (χ3v) is 5.03. The number of benzene rings is 2. The van der Waals surface area contributed by atoms with Gasteiger partial charge in [-0.3, -0.25) is 4.21 Å². The number of hydrogen-bond acceptors (Lipinski definition) is 2. The van der Waals surface area contributed by atoms with Crippen LogP contribution in [0, 0.1) is 0 Å². The van der Waals surface area contributed by atoms with Crippen molar-refractivity contribution in [3.63, 3.8) is 0 Å². The fourth-order valence-corrected chi connectivity index (χ4v) is 3.82. The van der Waals surface area contributed by atoms with E-state index in [2.05, 4.69) is 15.9 Å². The summed E-state index contributed by atoms with van der Waals surface area (Å²) in [5.74, 6) is 0.278. The first-order valence-corrected chi connectivity index (χ1v) is 8.21. The predicted molar refractivity (Wildman–Crippen MR) is 85.1 cm³/mol. The monoisotopic (exact) mass is 377 g/mol. The zero-order chi connectivity index (χ0) is 14.0. The normalized spacial score (nSPS) is 12.4. The average Bonchev–Trinajstić information content (AvgIpc) is 2.36. The highest BCUT2D eigenvalue weighted by molar-refractivity contribution is 9.10. The molecule has 0 saturated carbocycles. The van der Waals surface area contributed by atoms with Crippen LogP contribution < -0.4 is 5.73 Å². The molecule has 0 aromatic heterocycles. The fourth-order valence-electron chi connectivity index (χ4n) is 1.58. The zero-order valence-corrected chi connectivity index (χ0v) is 13.6. The summed E-state index contributed by atoms with van der Waals surface area (Å²) in [5, 5.41) is 1.12. The lowest BCUT2D eigenvalue weighted by atomic mass is 10.2. The molecule has 2 aromatic rings. The lowest BCUT2D eigenvalue weighted by Gasteiger charge is -2.08. The first-order valence-electron chi connectivity index (χ1n) is 5.34. The Balaban J connectivity index is 2.30. The first-order chi connectivity index (χ1) is 8.97. The Morgan fingerprint density at radius 3 is 2.63 bits per heavy atom. The summed E-state index contributed by atoms with van der Waals surface area (Å²) >= 11 is 15.3. The number of nitrogen functional groups attached to an aromatic ring is 1. The lowest BCUT2D eigenvalue weighted by molar-refractivity contribution is 0.683. The third-order valence-electron chi connectivity index (χ3n) is 2.52. The molecule has 0 heterocycles. The molecule has 1 atom stereocenters. The standard InChI is InChI=1S/C13H10BrCl2NOS/c14-9-1-4-12(17)13(6-9)19(18)7-8-5-10(15)2-3-11(8)16/h1-6H,7,17H2. The van der Waals surface area contributed by atoms with Gasteiger partial charge in [0, 0.05) is 20.2 Å². The summed E-state index contributed by atoms with van der Waals surface area (Å²) in [5.41, 5.74) is 7.08. The summed E-state index contributed by atoms with van der Waals surface area (Å²) in [6.07, 6.45) is 0. The van der Waals surface area contributed by atoms with Gasteiger partial charge in [-0.05, 0) is 42.0 Å². The summed E-state index contributed by atoms with van der Waals surface area (Å²) in [6, 6.07) is 10.4. The Kier molecular flexibility index (Phi) is 4.90. The minimum atomic E-state index is -1.27. The van der Waals surface area contributed by atoms with Crippen molar-refractivity contribution in [2.75, 3.05) is 5.73 Å². The SMILES string of the molecule is Nc1ccc(Br)cc1S(=O)Cc1cc(Cl)ccc1Cl. The minimum Gasteiger partial charge on any atom is -0.398 e. The zero-order valence-electron chi connectivity index (χ0n) is 9.70. The van der Waals surface area contributed by atoms with Crippen LogP contribution in [0.15, 0.2) is 45.8 Å². The predicted octanol–water partition coefficient (Wildman–Crippen LogP) is 4.65. The van der Waals surface area contributed by atoms with Gasteiger partial charge < -0.3 is 5.73 Å². The second kappa shape index (κ2) is 6.27. The Bertz CT molecular complexity index is 649. The number of halogens is 3. The molecule has 0 aliphatic carbocycles. The summed E-state index contributed by atoms with van der Waals surface area (Å²) in [7, 11) is -1.27. The molecule has 6 heteroatoms. The van der Waals surface area contributed by atoms with Gasteiger partial charge in [-0.1, -0.05) is 39.1 Å². The molecule has 0 fully saturated rings. The smallest absolute Gasteiger partial charge is 0.0632 e. The van der Waals surface area contributed by atoms with Crippen molar-refractivity contribution in [1.82, 2.24) is 0 Å². The van der Waals surface area contributed by atoms with Gasteiger partial charge in [0.15, 0.2) is 0 Å². The Morgan fingerprint density at radius 1 is 1.16 bits per heavy atom. The molecule has 100 valence electrons. The van der Waals surface area contributed by atoms with E-state index in [9.17, 15) is 4.21 Å². The molecule has 2 nitrogen and oxygen atoms in total. The van der Waals surface area contributed by atoms with Gasteiger partial charge in [0.25, 0.3) is 0 Å². The molecule has 0 aliphatic rings. The van der Waals surface area contributed by atoms with Gasteiger partial charge in [0.1, 0.15) is 0 Å². The van der Waals surface area contributed by atoms with Crippen LogP contribution >= 0.6 is 39.1 Å². The van der Waals surface area contributed by atoms with E-state index in [4.69, 9.17) is 28.9 Å². The number of hydrogen-bond donors (Lipinski definition) is 1. The maximum atomic E-state index is 12.4. The first kappa shape index (κ1) is 14.9. The molecule has 0 bridgehead atoms. The molecule has 0 amide bonds. The van der Waals surface area contributed by atoms with Crippen molar-refractivity contribution in [3.05, 3.63) is 56.5 Å². The van der Waals surface area contributed by atoms with E-state index in [1.807, 2.05) is 6.07 Å². The average molecular weight is 379 g/mol.